The molecule has 0 spiro atoms. The maximum atomic E-state index is 12.8. The lowest BCUT2D eigenvalue weighted by atomic mass is 9.97. The fourth-order valence-electron chi connectivity index (χ4n) is 4.03. The first-order valence-electron chi connectivity index (χ1n) is 11.0. The Bertz CT molecular complexity index is 1360. The van der Waals surface area contributed by atoms with E-state index in [0.717, 1.165) is 22.4 Å². The average Bonchev–Trinajstić information content (AvgIpc) is 3.58. The molecule has 0 saturated carbocycles. The van der Waals surface area contributed by atoms with E-state index in [1.54, 1.807) is 17.5 Å². The molecule has 3 heterocycles. The Morgan fingerprint density at radius 1 is 0.882 bits per heavy atom. The summed E-state index contributed by atoms with van der Waals surface area (Å²) in [4.78, 5) is 17.4. The molecule has 0 aliphatic carbocycles. The number of hydrogen-bond donors (Lipinski definition) is 1. The van der Waals surface area contributed by atoms with Crippen LogP contribution in [0, 0.1) is 5.92 Å². The minimum atomic E-state index is -3.47. The quantitative estimate of drug-likeness (QED) is 0.368. The average molecular weight is 510 g/mol. The van der Waals surface area contributed by atoms with Gasteiger partial charge in [-0.2, -0.15) is 4.31 Å². The number of nitrogens with one attached hydrogen (secondary N) is 1. The number of anilines is 1. The van der Waals surface area contributed by atoms with Gasteiger partial charge in [0.2, 0.25) is 5.91 Å². The standard InChI is InChI=1S/C25H23N3O3S3/c29-24(21-12-14-28(15-13-21)34(30,31)23-7-4-16-32-23)27-25-26-22(17-33-25)20-10-8-19(9-11-20)18-5-2-1-3-6-18/h1-11,16-17,21H,12-15H2,(H,26,27,29). The molecule has 1 N–H and O–H groups in total. The van der Waals surface area contributed by atoms with E-state index in [0.29, 0.717) is 35.3 Å². The van der Waals surface area contributed by atoms with Crippen molar-refractivity contribution in [1.82, 2.24) is 9.29 Å². The second-order valence-corrected chi connectivity index (χ2v) is 12.1. The second kappa shape index (κ2) is 9.79. The molecule has 9 heteroatoms. The molecule has 6 nitrogen and oxygen atoms in total. The number of hydrogen-bond acceptors (Lipinski definition) is 6. The number of piperidine rings is 1. The van der Waals surface area contributed by atoms with Gasteiger partial charge < -0.3 is 5.32 Å². The van der Waals surface area contributed by atoms with Crippen molar-refractivity contribution in [3.8, 4) is 22.4 Å². The van der Waals surface area contributed by atoms with Gasteiger partial charge in [-0.15, -0.1) is 22.7 Å². The zero-order chi connectivity index (χ0) is 23.5. The third kappa shape index (κ3) is 4.83. The van der Waals surface area contributed by atoms with Crippen molar-refractivity contribution in [3.05, 3.63) is 77.5 Å². The first kappa shape index (κ1) is 22.9. The summed E-state index contributed by atoms with van der Waals surface area (Å²) in [5.74, 6) is -0.333. The van der Waals surface area contributed by atoms with Crippen LogP contribution in [0.2, 0.25) is 0 Å². The number of thiophene rings is 1. The molecule has 0 radical (unpaired) electrons. The van der Waals surface area contributed by atoms with Gasteiger partial charge in [-0.3, -0.25) is 4.79 Å². The van der Waals surface area contributed by atoms with Crippen molar-refractivity contribution in [3.63, 3.8) is 0 Å². The molecule has 1 fully saturated rings. The van der Waals surface area contributed by atoms with Gasteiger partial charge in [-0.1, -0.05) is 60.7 Å². The molecule has 4 aromatic rings. The highest BCUT2D eigenvalue weighted by molar-refractivity contribution is 7.91. The van der Waals surface area contributed by atoms with E-state index in [4.69, 9.17) is 0 Å². The van der Waals surface area contributed by atoms with E-state index < -0.39 is 10.0 Å². The smallest absolute Gasteiger partial charge is 0.252 e. The van der Waals surface area contributed by atoms with Gasteiger partial charge in [0.15, 0.2) is 5.13 Å². The summed E-state index contributed by atoms with van der Waals surface area (Å²) in [7, 11) is -3.47. The molecule has 0 bridgehead atoms. The SMILES string of the molecule is O=C(Nc1nc(-c2ccc(-c3ccccc3)cc2)cs1)C1CCN(S(=O)(=O)c2cccs2)CC1. The fourth-order valence-corrected chi connectivity index (χ4v) is 7.37. The van der Waals surface area contributed by atoms with Crippen LogP contribution in [0.1, 0.15) is 12.8 Å². The molecule has 2 aromatic heterocycles. The zero-order valence-electron chi connectivity index (χ0n) is 18.3. The van der Waals surface area contributed by atoms with Gasteiger partial charge in [0.05, 0.1) is 5.69 Å². The van der Waals surface area contributed by atoms with Crippen LogP contribution in [0.4, 0.5) is 5.13 Å². The number of amides is 1. The summed E-state index contributed by atoms with van der Waals surface area (Å²) in [5.41, 5.74) is 4.11. The molecule has 34 heavy (non-hydrogen) atoms. The highest BCUT2D eigenvalue weighted by Gasteiger charge is 2.32. The first-order chi connectivity index (χ1) is 16.5. The van der Waals surface area contributed by atoms with Crippen molar-refractivity contribution in [2.45, 2.75) is 17.1 Å². The minimum absolute atomic E-state index is 0.103. The largest absolute Gasteiger partial charge is 0.302 e. The lowest BCUT2D eigenvalue weighted by Gasteiger charge is -2.29. The van der Waals surface area contributed by atoms with Crippen LogP contribution in [-0.4, -0.2) is 36.7 Å². The first-order valence-corrected chi connectivity index (χ1v) is 14.2. The van der Waals surface area contributed by atoms with Crippen molar-refractivity contribution < 1.29 is 13.2 Å². The maximum absolute atomic E-state index is 12.8. The van der Waals surface area contributed by atoms with Crippen LogP contribution >= 0.6 is 22.7 Å². The molecule has 1 amide bonds. The summed E-state index contributed by atoms with van der Waals surface area (Å²) in [6.07, 6.45) is 0.991. The van der Waals surface area contributed by atoms with Crippen LogP contribution < -0.4 is 5.32 Å². The monoisotopic (exact) mass is 509 g/mol. The third-order valence-electron chi connectivity index (χ3n) is 5.94. The van der Waals surface area contributed by atoms with Crippen molar-refractivity contribution in [2.75, 3.05) is 18.4 Å². The predicted molar refractivity (Wildman–Crippen MR) is 137 cm³/mol. The van der Waals surface area contributed by atoms with Gasteiger partial charge in [0, 0.05) is 30.0 Å². The van der Waals surface area contributed by atoms with E-state index in [-0.39, 0.29) is 11.8 Å². The van der Waals surface area contributed by atoms with E-state index >= 15 is 0 Å². The Kier molecular flexibility index (Phi) is 6.60. The Morgan fingerprint density at radius 2 is 1.56 bits per heavy atom. The Labute approximate surface area is 207 Å². The van der Waals surface area contributed by atoms with E-state index in [1.165, 1.54) is 27.0 Å². The number of thiazole rings is 1. The normalized spacial score (nSPS) is 15.3. The number of carbonyl (C=O) groups excluding carboxylic acids is 1. The Hall–Kier alpha value is -2.85. The molecule has 0 atom stereocenters. The van der Waals surface area contributed by atoms with Crippen LogP contribution in [0.15, 0.2) is 81.7 Å². The van der Waals surface area contributed by atoms with Gasteiger partial charge in [0.25, 0.3) is 10.0 Å². The number of sulfonamides is 1. The summed E-state index contributed by atoms with van der Waals surface area (Å²) in [5, 5.41) is 7.17. The molecular weight excluding hydrogens is 486 g/mol. The zero-order valence-corrected chi connectivity index (χ0v) is 20.7. The molecule has 1 aliphatic rings. The second-order valence-electron chi connectivity index (χ2n) is 8.08. The van der Waals surface area contributed by atoms with E-state index in [1.807, 2.05) is 35.7 Å². The van der Waals surface area contributed by atoms with E-state index in [9.17, 15) is 13.2 Å². The van der Waals surface area contributed by atoms with Gasteiger partial charge in [-0.05, 0) is 35.4 Å². The number of carbonyl (C=O) groups is 1. The lowest BCUT2D eigenvalue weighted by molar-refractivity contribution is -0.120. The summed E-state index contributed by atoms with van der Waals surface area (Å²) < 4.78 is 27.2. The number of nitrogens with zero attached hydrogens (tertiary/aromatic N) is 2. The van der Waals surface area contributed by atoms with Crippen LogP contribution in [0.3, 0.4) is 0 Å². The summed E-state index contributed by atoms with van der Waals surface area (Å²) >= 11 is 2.61. The molecule has 1 saturated heterocycles. The van der Waals surface area contributed by atoms with Crippen LogP contribution in [0.5, 0.6) is 0 Å². The summed E-state index contributed by atoms with van der Waals surface area (Å²) in [6, 6.07) is 21.8. The van der Waals surface area contributed by atoms with Crippen LogP contribution in [0.25, 0.3) is 22.4 Å². The topological polar surface area (TPSA) is 79.4 Å². The highest BCUT2D eigenvalue weighted by atomic mass is 32.2. The molecule has 2 aromatic carbocycles. The minimum Gasteiger partial charge on any atom is -0.302 e. The van der Waals surface area contributed by atoms with E-state index in [2.05, 4.69) is 34.6 Å². The number of rotatable bonds is 6. The molecule has 174 valence electrons. The predicted octanol–water partition coefficient (Wildman–Crippen LogP) is 5.58. The molecule has 0 unspecified atom stereocenters. The molecule has 1 aliphatic heterocycles. The Morgan fingerprint density at radius 3 is 2.24 bits per heavy atom. The highest BCUT2D eigenvalue weighted by Crippen LogP contribution is 2.30. The number of benzene rings is 2. The lowest BCUT2D eigenvalue weighted by Crippen LogP contribution is -2.41. The van der Waals surface area contributed by atoms with Gasteiger partial charge in [-0.25, -0.2) is 13.4 Å². The van der Waals surface area contributed by atoms with Crippen molar-refractivity contribution in [1.29, 1.82) is 0 Å². The van der Waals surface area contributed by atoms with Gasteiger partial charge >= 0.3 is 0 Å². The molecule has 5 rings (SSSR count). The number of aromatic nitrogens is 1. The summed E-state index contributed by atoms with van der Waals surface area (Å²) in [6.45, 7) is 0.685. The maximum Gasteiger partial charge on any atom is 0.252 e. The van der Waals surface area contributed by atoms with Crippen LogP contribution in [-0.2, 0) is 14.8 Å². The van der Waals surface area contributed by atoms with Crippen molar-refractivity contribution in [2.24, 2.45) is 5.92 Å². The molecular formula is C25H23N3O3S3. The fraction of sp³-hybridized carbons (Fsp3) is 0.200. The van der Waals surface area contributed by atoms with Crippen molar-refractivity contribution >= 4 is 43.7 Å². The third-order valence-corrected chi connectivity index (χ3v) is 9.97. The Balaban J connectivity index is 1.19. The van der Waals surface area contributed by atoms with Gasteiger partial charge in [0.1, 0.15) is 4.21 Å².